The molecule has 2 aromatic rings. The van der Waals surface area contributed by atoms with E-state index in [9.17, 15) is 4.79 Å². The number of nitrogens with zero attached hydrogens (tertiary/aromatic N) is 2. The Labute approximate surface area is 173 Å². The van der Waals surface area contributed by atoms with Gasteiger partial charge in [0.15, 0.2) is 0 Å². The smallest absolute Gasteiger partial charge is 0.223 e. The number of hydrogen-bond acceptors (Lipinski definition) is 3. The number of amides is 1. The summed E-state index contributed by atoms with van der Waals surface area (Å²) in [6.45, 7) is 7.52. The molecule has 0 bridgehead atoms. The summed E-state index contributed by atoms with van der Waals surface area (Å²) in [6.07, 6.45) is 5.14. The molecule has 0 aliphatic carbocycles. The third kappa shape index (κ3) is 2.35. The summed E-state index contributed by atoms with van der Waals surface area (Å²) in [7, 11) is 2.17. The van der Waals surface area contributed by atoms with Crippen molar-refractivity contribution in [1.82, 2.24) is 5.32 Å². The predicted octanol–water partition coefficient (Wildman–Crippen LogP) is 4.18. The number of benzene rings is 2. The Bertz CT molecular complexity index is 1010. The van der Waals surface area contributed by atoms with Crippen molar-refractivity contribution < 1.29 is 4.79 Å². The highest BCUT2D eigenvalue weighted by molar-refractivity contribution is 5.84. The van der Waals surface area contributed by atoms with Crippen molar-refractivity contribution in [3.8, 4) is 0 Å². The standard InChI is InChI=1S/C25H29N3O/c1-17-18(19-9-5-7-11-21(19)27(17)4)13-15-25-24(2,3)20-10-6-8-12-22(20)28(25)16-14-23(29)26-25/h5-13,15,17-18H,14,16H2,1-4H3,(H,26,29)/b15-13+/t17-,18-,25+/m1/s1. The number of fused-ring (bicyclic) bond motifs is 4. The lowest BCUT2D eigenvalue weighted by atomic mass is 9.74. The van der Waals surface area contributed by atoms with Gasteiger partial charge in [-0.3, -0.25) is 4.79 Å². The summed E-state index contributed by atoms with van der Waals surface area (Å²) in [5.74, 6) is 0.425. The third-order valence-corrected chi connectivity index (χ3v) is 7.49. The summed E-state index contributed by atoms with van der Waals surface area (Å²) in [4.78, 5) is 17.3. The van der Waals surface area contributed by atoms with Crippen LogP contribution in [0.25, 0.3) is 0 Å². The van der Waals surface area contributed by atoms with E-state index in [0.29, 0.717) is 18.4 Å². The van der Waals surface area contributed by atoms with E-state index in [0.717, 1.165) is 6.54 Å². The van der Waals surface area contributed by atoms with Gasteiger partial charge in [0.05, 0.1) is 0 Å². The first-order valence-corrected chi connectivity index (χ1v) is 10.6. The minimum absolute atomic E-state index is 0.128. The molecule has 1 amide bonds. The van der Waals surface area contributed by atoms with Crippen LogP contribution in [0, 0.1) is 0 Å². The van der Waals surface area contributed by atoms with Gasteiger partial charge in [-0.25, -0.2) is 0 Å². The number of likely N-dealkylation sites (N-methyl/N-ethyl adjacent to an activating group) is 1. The molecule has 150 valence electrons. The molecule has 4 nitrogen and oxygen atoms in total. The summed E-state index contributed by atoms with van der Waals surface area (Å²) in [5.41, 5.74) is 4.41. The zero-order chi connectivity index (χ0) is 20.4. The number of carbonyl (C=O) groups is 1. The van der Waals surface area contributed by atoms with E-state index in [1.807, 2.05) is 0 Å². The van der Waals surface area contributed by atoms with Crippen LogP contribution in [0.15, 0.2) is 60.7 Å². The average molecular weight is 388 g/mol. The lowest BCUT2D eigenvalue weighted by Crippen LogP contribution is -2.68. The molecule has 3 atom stereocenters. The Balaban J connectivity index is 1.61. The molecule has 0 saturated carbocycles. The molecule has 2 aromatic carbocycles. The Morgan fingerprint density at radius 2 is 1.76 bits per heavy atom. The molecule has 1 saturated heterocycles. The van der Waals surface area contributed by atoms with Gasteiger partial charge in [-0.15, -0.1) is 0 Å². The van der Waals surface area contributed by atoms with Crippen LogP contribution in [0.2, 0.25) is 0 Å². The highest BCUT2D eigenvalue weighted by Gasteiger charge is 2.57. The van der Waals surface area contributed by atoms with Crippen molar-refractivity contribution in [1.29, 1.82) is 0 Å². The normalized spacial score (nSPS) is 29.6. The SMILES string of the molecule is C[C@@H]1[C@@H](/C=C/[C@]23NC(=O)CCN2c2ccccc2C3(C)C)c2ccccc2N1C. The van der Waals surface area contributed by atoms with Gasteiger partial charge < -0.3 is 15.1 Å². The molecule has 1 fully saturated rings. The molecule has 3 aliphatic rings. The van der Waals surface area contributed by atoms with Crippen molar-refractivity contribution in [2.24, 2.45) is 0 Å². The van der Waals surface area contributed by atoms with Gasteiger partial charge in [0.25, 0.3) is 0 Å². The maximum atomic E-state index is 12.6. The third-order valence-electron chi connectivity index (χ3n) is 7.49. The van der Waals surface area contributed by atoms with Gasteiger partial charge >= 0.3 is 0 Å². The van der Waals surface area contributed by atoms with Crippen molar-refractivity contribution in [2.75, 3.05) is 23.4 Å². The molecule has 3 aliphatic heterocycles. The number of para-hydroxylation sites is 2. The van der Waals surface area contributed by atoms with E-state index >= 15 is 0 Å². The highest BCUT2D eigenvalue weighted by atomic mass is 16.2. The molecular weight excluding hydrogens is 358 g/mol. The van der Waals surface area contributed by atoms with Crippen molar-refractivity contribution in [3.63, 3.8) is 0 Å². The largest absolute Gasteiger partial charge is 0.371 e. The first-order chi connectivity index (χ1) is 13.9. The Morgan fingerprint density at radius 3 is 2.55 bits per heavy atom. The number of hydrogen-bond donors (Lipinski definition) is 1. The first kappa shape index (κ1) is 18.3. The first-order valence-electron chi connectivity index (χ1n) is 10.6. The molecule has 29 heavy (non-hydrogen) atoms. The second-order valence-electron chi connectivity index (χ2n) is 9.15. The van der Waals surface area contributed by atoms with Crippen molar-refractivity contribution in [2.45, 2.75) is 50.2 Å². The van der Waals surface area contributed by atoms with Gasteiger partial charge in [-0.1, -0.05) is 56.3 Å². The summed E-state index contributed by atoms with van der Waals surface area (Å²) in [5, 5.41) is 3.39. The maximum absolute atomic E-state index is 12.6. The van der Waals surface area contributed by atoms with Crippen LogP contribution in [0.4, 0.5) is 11.4 Å². The number of carbonyl (C=O) groups excluding carboxylic acids is 1. The Hall–Kier alpha value is -2.75. The second-order valence-corrected chi connectivity index (χ2v) is 9.15. The summed E-state index contributed by atoms with van der Waals surface area (Å²) in [6, 6.07) is 17.6. The van der Waals surface area contributed by atoms with Gasteiger partial charge in [0.1, 0.15) is 5.66 Å². The molecule has 4 heteroatoms. The zero-order valence-corrected chi connectivity index (χ0v) is 17.6. The van der Waals surface area contributed by atoms with Crippen LogP contribution in [-0.2, 0) is 10.2 Å². The minimum atomic E-state index is -0.540. The van der Waals surface area contributed by atoms with E-state index < -0.39 is 5.66 Å². The molecule has 3 heterocycles. The van der Waals surface area contributed by atoms with E-state index in [-0.39, 0.29) is 11.3 Å². The fourth-order valence-corrected chi connectivity index (χ4v) is 5.64. The van der Waals surface area contributed by atoms with E-state index in [1.165, 1.54) is 22.5 Å². The van der Waals surface area contributed by atoms with Crippen LogP contribution in [0.5, 0.6) is 0 Å². The molecule has 5 rings (SSSR count). The van der Waals surface area contributed by atoms with Crippen LogP contribution < -0.4 is 15.1 Å². The summed E-state index contributed by atoms with van der Waals surface area (Å²) < 4.78 is 0. The van der Waals surface area contributed by atoms with E-state index in [1.54, 1.807) is 0 Å². The maximum Gasteiger partial charge on any atom is 0.223 e. The molecule has 0 aromatic heterocycles. The van der Waals surface area contributed by atoms with Gasteiger partial charge in [0, 0.05) is 48.8 Å². The van der Waals surface area contributed by atoms with Gasteiger partial charge in [0.2, 0.25) is 5.91 Å². The van der Waals surface area contributed by atoms with Crippen LogP contribution in [0.3, 0.4) is 0 Å². The lowest BCUT2D eigenvalue weighted by Gasteiger charge is -2.49. The molecule has 1 N–H and O–H groups in total. The Morgan fingerprint density at radius 1 is 1.07 bits per heavy atom. The number of anilines is 2. The molecule has 0 spiro atoms. The van der Waals surface area contributed by atoms with Gasteiger partial charge in [-0.2, -0.15) is 0 Å². The van der Waals surface area contributed by atoms with Crippen LogP contribution in [-0.4, -0.2) is 31.2 Å². The number of nitrogens with one attached hydrogen (secondary N) is 1. The van der Waals surface area contributed by atoms with Crippen molar-refractivity contribution in [3.05, 3.63) is 71.8 Å². The topological polar surface area (TPSA) is 35.6 Å². The molecule has 0 radical (unpaired) electrons. The fourth-order valence-electron chi connectivity index (χ4n) is 5.64. The van der Waals surface area contributed by atoms with Crippen molar-refractivity contribution >= 4 is 17.3 Å². The molecule has 0 unspecified atom stereocenters. The average Bonchev–Trinajstić information content (AvgIpc) is 3.07. The van der Waals surface area contributed by atoms with E-state index in [4.69, 9.17) is 0 Å². The Kier molecular flexibility index (Phi) is 3.86. The second kappa shape index (κ2) is 6.12. The van der Waals surface area contributed by atoms with Gasteiger partial charge in [-0.05, 0) is 36.3 Å². The van der Waals surface area contributed by atoms with E-state index in [2.05, 4.69) is 104 Å². The fraction of sp³-hybridized carbons (Fsp3) is 0.400. The monoisotopic (exact) mass is 387 g/mol. The number of rotatable bonds is 2. The van der Waals surface area contributed by atoms with Crippen LogP contribution in [0.1, 0.15) is 44.2 Å². The lowest BCUT2D eigenvalue weighted by molar-refractivity contribution is -0.124. The highest BCUT2D eigenvalue weighted by Crippen LogP contribution is 2.52. The zero-order valence-electron chi connectivity index (χ0n) is 17.6. The van der Waals surface area contributed by atoms with Crippen LogP contribution >= 0.6 is 0 Å². The quantitative estimate of drug-likeness (QED) is 0.786. The molecular formula is C25H29N3O. The predicted molar refractivity (Wildman–Crippen MR) is 118 cm³/mol. The summed E-state index contributed by atoms with van der Waals surface area (Å²) >= 11 is 0. The minimum Gasteiger partial charge on any atom is -0.371 e.